The summed E-state index contributed by atoms with van der Waals surface area (Å²) in [7, 11) is 1.46. The van der Waals surface area contributed by atoms with Gasteiger partial charge in [-0.05, 0) is 72.7 Å². The summed E-state index contributed by atoms with van der Waals surface area (Å²) in [4.78, 5) is 26.6. The van der Waals surface area contributed by atoms with E-state index in [4.69, 9.17) is 4.74 Å². The van der Waals surface area contributed by atoms with Crippen molar-refractivity contribution in [2.75, 3.05) is 20.3 Å². The molecule has 2 aromatic rings. The Hall–Kier alpha value is -2.77. The zero-order chi connectivity index (χ0) is 22.3. The summed E-state index contributed by atoms with van der Waals surface area (Å²) in [6.45, 7) is 5.30. The molecule has 2 N–H and O–H groups in total. The topological polar surface area (TPSA) is 78.9 Å². The van der Waals surface area contributed by atoms with Gasteiger partial charge in [0.25, 0.3) is 11.8 Å². The Morgan fingerprint density at radius 2 is 2.06 bits per heavy atom. The molecular formula is C24H27FN2O4. The summed E-state index contributed by atoms with van der Waals surface area (Å²) >= 11 is 0. The molecule has 1 fully saturated rings. The van der Waals surface area contributed by atoms with Crippen molar-refractivity contribution in [1.82, 2.24) is 10.2 Å². The molecule has 2 aliphatic heterocycles. The van der Waals surface area contributed by atoms with Gasteiger partial charge in [-0.1, -0.05) is 6.07 Å². The van der Waals surface area contributed by atoms with E-state index in [1.165, 1.54) is 19.2 Å². The first-order chi connectivity index (χ1) is 14.8. The smallest absolute Gasteiger partial charge is 0.254 e. The second-order valence-corrected chi connectivity index (χ2v) is 8.31. The molecular weight excluding hydrogens is 399 g/mol. The van der Waals surface area contributed by atoms with Gasteiger partial charge in [0.05, 0.1) is 24.3 Å². The minimum atomic E-state index is -0.588. The van der Waals surface area contributed by atoms with Crippen LogP contribution >= 0.6 is 0 Å². The second kappa shape index (κ2) is 8.40. The lowest BCUT2D eigenvalue weighted by Crippen LogP contribution is -2.49. The maximum Gasteiger partial charge on any atom is 0.254 e. The van der Waals surface area contributed by atoms with Crippen molar-refractivity contribution < 1.29 is 23.8 Å². The summed E-state index contributed by atoms with van der Waals surface area (Å²) in [5.74, 6) is -1.14. The van der Waals surface area contributed by atoms with Crippen LogP contribution in [0, 0.1) is 19.7 Å². The molecule has 7 heteroatoms. The van der Waals surface area contributed by atoms with Crippen LogP contribution in [0.4, 0.5) is 4.39 Å². The summed E-state index contributed by atoms with van der Waals surface area (Å²) in [6.07, 6.45) is 0.383. The summed E-state index contributed by atoms with van der Waals surface area (Å²) in [5.41, 5.74) is 5.39. The van der Waals surface area contributed by atoms with Gasteiger partial charge in [0.1, 0.15) is 5.82 Å². The first kappa shape index (κ1) is 21.5. The third-order valence-electron chi connectivity index (χ3n) is 6.55. The Kier molecular flexibility index (Phi) is 5.81. The summed E-state index contributed by atoms with van der Waals surface area (Å²) in [6, 6.07) is 6.13. The molecule has 2 heterocycles. The van der Waals surface area contributed by atoms with E-state index in [0.717, 1.165) is 27.8 Å². The number of halogens is 1. The predicted octanol–water partition coefficient (Wildman–Crippen LogP) is 2.50. The first-order valence-corrected chi connectivity index (χ1v) is 10.5. The van der Waals surface area contributed by atoms with E-state index in [-0.39, 0.29) is 17.5 Å². The van der Waals surface area contributed by atoms with E-state index in [9.17, 15) is 19.1 Å². The number of hydrogen-bond donors (Lipinski definition) is 2. The Bertz CT molecular complexity index is 1050. The van der Waals surface area contributed by atoms with Gasteiger partial charge in [-0.25, -0.2) is 4.39 Å². The lowest BCUT2D eigenvalue weighted by molar-refractivity contribution is -0.0528. The van der Waals surface area contributed by atoms with Crippen molar-refractivity contribution in [3.8, 4) is 0 Å². The van der Waals surface area contributed by atoms with E-state index in [2.05, 4.69) is 5.32 Å². The van der Waals surface area contributed by atoms with Crippen LogP contribution in [-0.4, -0.2) is 54.2 Å². The van der Waals surface area contributed by atoms with Crippen molar-refractivity contribution in [2.24, 2.45) is 0 Å². The molecule has 6 nitrogen and oxygen atoms in total. The van der Waals surface area contributed by atoms with Crippen molar-refractivity contribution in [3.05, 3.63) is 69.0 Å². The number of aliphatic hydroxyl groups excluding tert-OH is 1. The molecule has 0 aromatic heterocycles. The number of ether oxygens (including phenoxy) is 1. The Morgan fingerprint density at radius 3 is 2.74 bits per heavy atom. The van der Waals surface area contributed by atoms with E-state index in [1.54, 1.807) is 11.0 Å². The standard InChI is InChI=1S/C24H27FN2O4/c1-13-14(2)19-11-27(21-12-31-7-6-22(21)28)24(30)18(19)10-16(13)8-15-4-5-17(20(25)9-15)23(29)26-3/h4-5,9-10,21-22,28H,6-8,11-12H2,1-3H3,(H,26,29). The molecule has 1 saturated heterocycles. The number of nitrogens with one attached hydrogen (secondary N) is 1. The number of hydrogen-bond acceptors (Lipinski definition) is 4. The van der Waals surface area contributed by atoms with Crippen LogP contribution in [0.5, 0.6) is 0 Å². The van der Waals surface area contributed by atoms with Crippen LogP contribution in [0.25, 0.3) is 0 Å². The van der Waals surface area contributed by atoms with Gasteiger partial charge in [0, 0.05) is 25.8 Å². The average molecular weight is 426 g/mol. The van der Waals surface area contributed by atoms with Crippen LogP contribution in [0.1, 0.15) is 55.0 Å². The molecule has 2 unspecified atom stereocenters. The van der Waals surface area contributed by atoms with Crippen LogP contribution in [0.15, 0.2) is 24.3 Å². The summed E-state index contributed by atoms with van der Waals surface area (Å²) in [5, 5.41) is 12.8. The third kappa shape index (κ3) is 3.83. The molecule has 0 saturated carbocycles. The molecule has 0 aliphatic carbocycles. The van der Waals surface area contributed by atoms with Gasteiger partial charge >= 0.3 is 0 Å². The molecule has 0 spiro atoms. The van der Waals surface area contributed by atoms with Crippen molar-refractivity contribution in [3.63, 3.8) is 0 Å². The highest BCUT2D eigenvalue weighted by atomic mass is 19.1. The van der Waals surface area contributed by atoms with Crippen LogP contribution < -0.4 is 5.32 Å². The average Bonchev–Trinajstić information content (AvgIpc) is 3.08. The quantitative estimate of drug-likeness (QED) is 0.788. The second-order valence-electron chi connectivity index (χ2n) is 8.31. The molecule has 0 radical (unpaired) electrons. The van der Waals surface area contributed by atoms with E-state index >= 15 is 0 Å². The maximum absolute atomic E-state index is 14.4. The monoisotopic (exact) mass is 426 g/mol. The zero-order valence-corrected chi connectivity index (χ0v) is 18.0. The molecule has 0 bridgehead atoms. The molecule has 4 rings (SSSR count). The number of carbonyl (C=O) groups is 2. The number of rotatable bonds is 4. The van der Waals surface area contributed by atoms with Gasteiger partial charge in [-0.3, -0.25) is 9.59 Å². The fourth-order valence-electron chi connectivity index (χ4n) is 4.50. The zero-order valence-electron chi connectivity index (χ0n) is 18.0. The first-order valence-electron chi connectivity index (χ1n) is 10.5. The Labute approximate surface area is 181 Å². The van der Waals surface area contributed by atoms with Gasteiger partial charge in [-0.2, -0.15) is 0 Å². The van der Waals surface area contributed by atoms with Crippen LogP contribution in [-0.2, 0) is 17.7 Å². The highest BCUT2D eigenvalue weighted by Crippen LogP contribution is 2.33. The van der Waals surface area contributed by atoms with Gasteiger partial charge in [0.2, 0.25) is 0 Å². The van der Waals surface area contributed by atoms with Crippen molar-refractivity contribution >= 4 is 11.8 Å². The minimum absolute atomic E-state index is 0.00665. The molecule has 2 aliphatic rings. The highest BCUT2D eigenvalue weighted by molar-refractivity contribution is 5.99. The molecule has 31 heavy (non-hydrogen) atoms. The van der Waals surface area contributed by atoms with E-state index in [1.807, 2.05) is 19.9 Å². The minimum Gasteiger partial charge on any atom is -0.391 e. The van der Waals surface area contributed by atoms with Crippen molar-refractivity contribution in [2.45, 2.75) is 45.4 Å². The number of nitrogens with zero attached hydrogens (tertiary/aromatic N) is 1. The lowest BCUT2D eigenvalue weighted by atomic mass is 9.91. The predicted molar refractivity (Wildman–Crippen MR) is 114 cm³/mol. The fraction of sp³-hybridized carbons (Fsp3) is 0.417. The number of benzene rings is 2. The van der Waals surface area contributed by atoms with Crippen LogP contribution in [0.3, 0.4) is 0 Å². The summed E-state index contributed by atoms with van der Waals surface area (Å²) < 4.78 is 19.9. The Morgan fingerprint density at radius 1 is 1.29 bits per heavy atom. The normalized spacial score (nSPS) is 20.7. The van der Waals surface area contributed by atoms with Gasteiger partial charge in [-0.15, -0.1) is 0 Å². The van der Waals surface area contributed by atoms with Crippen molar-refractivity contribution in [1.29, 1.82) is 0 Å². The number of aliphatic hydroxyl groups is 1. The number of fused-ring (bicyclic) bond motifs is 1. The number of carbonyl (C=O) groups excluding carboxylic acids is 2. The van der Waals surface area contributed by atoms with Gasteiger partial charge in [0.15, 0.2) is 0 Å². The highest BCUT2D eigenvalue weighted by Gasteiger charge is 2.39. The lowest BCUT2D eigenvalue weighted by Gasteiger charge is -2.34. The molecule has 2 aromatic carbocycles. The van der Waals surface area contributed by atoms with E-state index < -0.39 is 17.8 Å². The third-order valence-corrected chi connectivity index (χ3v) is 6.55. The molecule has 164 valence electrons. The van der Waals surface area contributed by atoms with Gasteiger partial charge < -0.3 is 20.1 Å². The fourth-order valence-corrected chi connectivity index (χ4v) is 4.50. The maximum atomic E-state index is 14.4. The SMILES string of the molecule is CNC(=O)c1ccc(Cc2cc3c(c(C)c2C)CN(C2COCCC2O)C3=O)cc1F. The molecule has 2 atom stereocenters. The van der Waals surface area contributed by atoms with E-state index in [0.29, 0.717) is 38.2 Å². The number of amides is 2. The van der Waals surface area contributed by atoms with Crippen LogP contribution in [0.2, 0.25) is 0 Å². The Balaban J connectivity index is 1.63. The largest absolute Gasteiger partial charge is 0.391 e. The molecule has 2 amide bonds.